The highest BCUT2D eigenvalue weighted by atomic mass is 14.2. The van der Waals surface area contributed by atoms with Gasteiger partial charge in [-0.25, -0.2) is 0 Å². The van der Waals surface area contributed by atoms with Crippen molar-refractivity contribution in [2.45, 2.75) is 0 Å². The molecule has 12 aromatic carbocycles. The fourth-order valence-corrected chi connectivity index (χ4v) is 9.37. The molecule has 0 heterocycles. The van der Waals surface area contributed by atoms with E-state index in [1.807, 2.05) is 0 Å². The molecule has 0 aliphatic carbocycles. The SMILES string of the molecule is c1ccc2cc(-c3ccc4c(ccc5cc(-c6ccc7c(ccc8cc(-c9ccc(-c%10cc%11ccccc%11c%11ccccc%10%11)cc9)ccc87)c6)ccc54)c3)ccc2c1. The van der Waals surface area contributed by atoms with E-state index in [4.69, 9.17) is 0 Å². The zero-order valence-electron chi connectivity index (χ0n) is 31.8. The molecule has 0 heteroatoms. The molecule has 0 spiro atoms. The van der Waals surface area contributed by atoms with Crippen LogP contribution < -0.4 is 0 Å². The Labute approximate surface area is 336 Å². The molecule has 0 unspecified atom stereocenters. The lowest BCUT2D eigenvalue weighted by molar-refractivity contribution is 1.63. The van der Waals surface area contributed by atoms with Crippen LogP contribution in [0.1, 0.15) is 0 Å². The van der Waals surface area contributed by atoms with Gasteiger partial charge in [-0.2, -0.15) is 0 Å². The molecule has 0 bridgehead atoms. The van der Waals surface area contributed by atoms with E-state index in [0.717, 1.165) is 0 Å². The molecule has 0 saturated carbocycles. The third-order valence-electron chi connectivity index (χ3n) is 12.4. The number of fused-ring (bicyclic) bond motifs is 10. The van der Waals surface area contributed by atoms with Gasteiger partial charge in [0.25, 0.3) is 0 Å². The lowest BCUT2D eigenvalue weighted by atomic mass is 9.91. The van der Waals surface area contributed by atoms with E-state index >= 15 is 0 Å². The summed E-state index contributed by atoms with van der Waals surface area (Å²) in [7, 11) is 0. The predicted molar refractivity (Wildman–Crippen MR) is 251 cm³/mol. The van der Waals surface area contributed by atoms with Gasteiger partial charge in [-0.05, 0) is 156 Å². The summed E-state index contributed by atoms with van der Waals surface area (Å²) in [6.45, 7) is 0. The summed E-state index contributed by atoms with van der Waals surface area (Å²) in [6, 6.07) is 80.9. The van der Waals surface area contributed by atoms with Crippen LogP contribution >= 0.6 is 0 Å². The lowest BCUT2D eigenvalue weighted by Gasteiger charge is -2.12. The van der Waals surface area contributed by atoms with Gasteiger partial charge in [0.15, 0.2) is 0 Å². The molecule has 0 saturated heterocycles. The monoisotopic (exact) mass is 732 g/mol. The highest BCUT2D eigenvalue weighted by Gasteiger charge is 2.11. The van der Waals surface area contributed by atoms with Crippen LogP contribution in [0.4, 0.5) is 0 Å². The fourth-order valence-electron chi connectivity index (χ4n) is 9.37. The van der Waals surface area contributed by atoms with Crippen LogP contribution in [0.2, 0.25) is 0 Å². The van der Waals surface area contributed by atoms with Crippen molar-refractivity contribution in [2.75, 3.05) is 0 Å². The van der Waals surface area contributed by atoms with Gasteiger partial charge in [-0.15, -0.1) is 0 Å². The summed E-state index contributed by atoms with van der Waals surface area (Å²) < 4.78 is 0. The standard InChI is InChI=1S/C58H36/c1-2-8-40-31-42(18-15-37(40)7-1)43-24-28-54-48(33-43)21-22-50-35-45(26-30-55(50)54)44-25-29-53-49(34-44)20-19-47-32-41(23-27-52(47)53)38-13-16-39(17-14-38)58-36-46-9-3-4-10-51(46)56-11-5-6-12-57(56)58/h1-36H. The van der Waals surface area contributed by atoms with Crippen molar-refractivity contribution in [3.8, 4) is 44.5 Å². The van der Waals surface area contributed by atoms with Crippen LogP contribution in [0.3, 0.4) is 0 Å². The normalized spacial score (nSPS) is 11.8. The Bertz CT molecular complexity index is 3610. The maximum absolute atomic E-state index is 2.34. The van der Waals surface area contributed by atoms with Crippen molar-refractivity contribution in [3.63, 3.8) is 0 Å². The van der Waals surface area contributed by atoms with Gasteiger partial charge in [-0.1, -0.05) is 182 Å². The topological polar surface area (TPSA) is 0 Å². The van der Waals surface area contributed by atoms with Crippen LogP contribution in [0.15, 0.2) is 218 Å². The number of hydrogen-bond donors (Lipinski definition) is 0. The minimum atomic E-state index is 1.22. The van der Waals surface area contributed by atoms with E-state index in [0.29, 0.717) is 0 Å². The van der Waals surface area contributed by atoms with Crippen molar-refractivity contribution in [1.82, 2.24) is 0 Å². The first-order valence-electron chi connectivity index (χ1n) is 20.1. The molecular weight excluding hydrogens is 697 g/mol. The molecule has 0 atom stereocenters. The number of rotatable bonds is 4. The highest BCUT2D eigenvalue weighted by Crippen LogP contribution is 2.38. The molecule has 12 rings (SSSR count). The summed E-state index contributed by atoms with van der Waals surface area (Å²) in [5.41, 5.74) is 9.92. The summed E-state index contributed by atoms with van der Waals surface area (Å²) in [5.74, 6) is 0. The van der Waals surface area contributed by atoms with E-state index in [1.54, 1.807) is 0 Å². The van der Waals surface area contributed by atoms with Crippen LogP contribution in [-0.2, 0) is 0 Å². The lowest BCUT2D eigenvalue weighted by Crippen LogP contribution is -1.86. The second kappa shape index (κ2) is 13.0. The Morgan fingerprint density at radius 3 is 1.00 bits per heavy atom. The molecule has 0 radical (unpaired) electrons. The molecule has 58 heavy (non-hydrogen) atoms. The fraction of sp³-hybridized carbons (Fsp3) is 0. The van der Waals surface area contributed by atoms with E-state index in [-0.39, 0.29) is 0 Å². The maximum atomic E-state index is 2.34. The molecule has 0 aromatic heterocycles. The molecule has 0 nitrogen and oxygen atoms in total. The Balaban J connectivity index is 0.840. The van der Waals surface area contributed by atoms with Gasteiger partial charge in [0.05, 0.1) is 0 Å². The molecule has 0 aliphatic rings. The minimum absolute atomic E-state index is 1.22. The third-order valence-corrected chi connectivity index (χ3v) is 12.4. The van der Waals surface area contributed by atoms with Gasteiger partial charge < -0.3 is 0 Å². The van der Waals surface area contributed by atoms with E-state index < -0.39 is 0 Å². The first-order valence-corrected chi connectivity index (χ1v) is 20.1. The quantitative estimate of drug-likeness (QED) is 0.158. The molecule has 268 valence electrons. The first-order chi connectivity index (χ1) is 28.7. The third kappa shape index (κ3) is 5.38. The van der Waals surface area contributed by atoms with E-state index in [1.165, 1.54) is 120 Å². The zero-order chi connectivity index (χ0) is 38.2. The smallest absolute Gasteiger partial charge is 0.00990 e. The highest BCUT2D eigenvalue weighted by molar-refractivity contribution is 6.14. The van der Waals surface area contributed by atoms with Crippen LogP contribution in [0.25, 0.3) is 120 Å². The van der Waals surface area contributed by atoms with E-state index in [9.17, 15) is 0 Å². The number of benzene rings is 12. The van der Waals surface area contributed by atoms with Gasteiger partial charge in [0, 0.05) is 0 Å². The van der Waals surface area contributed by atoms with Crippen molar-refractivity contribution in [2.24, 2.45) is 0 Å². The first kappa shape index (κ1) is 32.7. The second-order valence-corrected chi connectivity index (χ2v) is 15.7. The average Bonchev–Trinajstić information content (AvgIpc) is 3.30. The van der Waals surface area contributed by atoms with Gasteiger partial charge in [-0.3, -0.25) is 0 Å². The van der Waals surface area contributed by atoms with Crippen LogP contribution in [0, 0.1) is 0 Å². The Hall–Kier alpha value is -7.54. The van der Waals surface area contributed by atoms with E-state index in [2.05, 4.69) is 218 Å². The Morgan fingerprint density at radius 1 is 0.155 bits per heavy atom. The largest absolute Gasteiger partial charge is 0.0616 e. The van der Waals surface area contributed by atoms with Crippen LogP contribution in [-0.4, -0.2) is 0 Å². The van der Waals surface area contributed by atoms with Gasteiger partial charge in [0.2, 0.25) is 0 Å². The second-order valence-electron chi connectivity index (χ2n) is 15.7. The maximum Gasteiger partial charge on any atom is -0.00990 e. The average molecular weight is 733 g/mol. The van der Waals surface area contributed by atoms with Crippen molar-refractivity contribution < 1.29 is 0 Å². The molecule has 0 N–H and O–H groups in total. The zero-order valence-corrected chi connectivity index (χ0v) is 31.8. The molecule has 0 aliphatic heterocycles. The summed E-state index contributed by atoms with van der Waals surface area (Å²) in [4.78, 5) is 0. The summed E-state index contributed by atoms with van der Waals surface area (Å²) in [6.07, 6.45) is 0. The molecular formula is C58H36. The Kier molecular flexibility index (Phi) is 7.33. The predicted octanol–water partition coefficient (Wildman–Crippen LogP) is 16.4. The van der Waals surface area contributed by atoms with Crippen molar-refractivity contribution in [3.05, 3.63) is 218 Å². The van der Waals surface area contributed by atoms with Crippen molar-refractivity contribution >= 4 is 75.4 Å². The molecule has 0 fully saturated rings. The summed E-state index contributed by atoms with van der Waals surface area (Å²) in [5, 5.41) is 17.8. The summed E-state index contributed by atoms with van der Waals surface area (Å²) >= 11 is 0. The molecule has 12 aromatic rings. The van der Waals surface area contributed by atoms with Gasteiger partial charge in [0.1, 0.15) is 0 Å². The van der Waals surface area contributed by atoms with Crippen molar-refractivity contribution in [1.29, 1.82) is 0 Å². The number of hydrogen-bond acceptors (Lipinski definition) is 0. The molecule has 0 amide bonds. The minimum Gasteiger partial charge on any atom is -0.0616 e. The van der Waals surface area contributed by atoms with Gasteiger partial charge >= 0.3 is 0 Å². The van der Waals surface area contributed by atoms with Crippen LogP contribution in [0.5, 0.6) is 0 Å². The Morgan fingerprint density at radius 2 is 0.466 bits per heavy atom.